The zero-order valence-corrected chi connectivity index (χ0v) is 16.0. The summed E-state index contributed by atoms with van der Waals surface area (Å²) in [5.74, 6) is 1.04. The number of rotatable bonds is 4. The molecule has 0 radical (unpaired) electrons. The standard InChI is InChI=1S/C21H21N3O5/c1-13-9-14(10-19(25)27-13)28-15-11-23(12-15)20(26)17-6-4-8-24(17)21-22-16-5-2-3-7-18(16)29-21/h2-3,5,7,9-10,15,17H,4,6,8,11-12H2,1H3. The van der Waals surface area contributed by atoms with Crippen LogP contribution in [0.15, 0.2) is 50.0 Å². The van der Waals surface area contributed by atoms with Crippen molar-refractivity contribution >= 4 is 23.0 Å². The lowest BCUT2D eigenvalue weighted by molar-refractivity contribution is -0.141. The molecule has 0 saturated carbocycles. The van der Waals surface area contributed by atoms with Gasteiger partial charge in [-0.25, -0.2) is 4.79 Å². The number of carbonyl (C=O) groups excluding carboxylic acids is 1. The average Bonchev–Trinajstić information content (AvgIpc) is 3.29. The summed E-state index contributed by atoms with van der Waals surface area (Å²) >= 11 is 0. The lowest BCUT2D eigenvalue weighted by Crippen LogP contribution is -2.60. The second-order valence-electron chi connectivity index (χ2n) is 7.52. The number of fused-ring (bicyclic) bond motifs is 1. The molecule has 29 heavy (non-hydrogen) atoms. The third-order valence-electron chi connectivity index (χ3n) is 5.40. The molecule has 0 N–H and O–H groups in total. The average molecular weight is 395 g/mol. The molecular formula is C21H21N3O5. The molecule has 1 atom stereocenters. The van der Waals surface area contributed by atoms with Crippen LogP contribution in [0.1, 0.15) is 18.6 Å². The van der Waals surface area contributed by atoms with Crippen LogP contribution in [-0.4, -0.2) is 47.6 Å². The van der Waals surface area contributed by atoms with Crippen LogP contribution in [0.5, 0.6) is 5.75 Å². The van der Waals surface area contributed by atoms with Crippen molar-refractivity contribution in [3.05, 3.63) is 52.6 Å². The number of benzene rings is 1. The summed E-state index contributed by atoms with van der Waals surface area (Å²) in [5.41, 5.74) is 1.08. The zero-order chi connectivity index (χ0) is 20.0. The molecule has 1 unspecified atom stereocenters. The summed E-state index contributed by atoms with van der Waals surface area (Å²) in [6.07, 6.45) is 1.57. The first-order chi connectivity index (χ1) is 14.1. The van der Waals surface area contributed by atoms with Crippen LogP contribution in [0, 0.1) is 6.92 Å². The fourth-order valence-electron chi connectivity index (χ4n) is 3.97. The van der Waals surface area contributed by atoms with E-state index in [1.165, 1.54) is 6.07 Å². The minimum absolute atomic E-state index is 0.0633. The number of likely N-dealkylation sites (tertiary alicyclic amines) is 1. The molecule has 8 heteroatoms. The van der Waals surface area contributed by atoms with E-state index in [-0.39, 0.29) is 18.1 Å². The van der Waals surface area contributed by atoms with Gasteiger partial charge >= 0.3 is 5.63 Å². The van der Waals surface area contributed by atoms with Crippen molar-refractivity contribution in [2.45, 2.75) is 31.9 Å². The highest BCUT2D eigenvalue weighted by atomic mass is 16.5. The quantitative estimate of drug-likeness (QED) is 0.670. The van der Waals surface area contributed by atoms with Crippen molar-refractivity contribution in [1.82, 2.24) is 9.88 Å². The van der Waals surface area contributed by atoms with E-state index < -0.39 is 5.63 Å². The number of anilines is 1. The van der Waals surface area contributed by atoms with E-state index in [2.05, 4.69) is 4.98 Å². The van der Waals surface area contributed by atoms with E-state index >= 15 is 0 Å². The molecule has 1 amide bonds. The monoisotopic (exact) mass is 395 g/mol. The van der Waals surface area contributed by atoms with Crippen LogP contribution >= 0.6 is 0 Å². The molecule has 3 aromatic rings. The van der Waals surface area contributed by atoms with Crippen LogP contribution < -0.4 is 15.3 Å². The Morgan fingerprint density at radius 2 is 2.03 bits per heavy atom. The van der Waals surface area contributed by atoms with E-state index in [4.69, 9.17) is 13.6 Å². The maximum absolute atomic E-state index is 13.0. The molecule has 0 bridgehead atoms. The van der Waals surface area contributed by atoms with E-state index in [0.717, 1.165) is 30.5 Å². The highest BCUT2D eigenvalue weighted by Gasteiger charge is 2.41. The Bertz CT molecular complexity index is 1080. The Hall–Kier alpha value is -3.29. The van der Waals surface area contributed by atoms with Crippen molar-refractivity contribution < 1.29 is 18.4 Å². The van der Waals surface area contributed by atoms with Crippen LogP contribution in [0.2, 0.25) is 0 Å². The summed E-state index contributed by atoms with van der Waals surface area (Å²) < 4.78 is 16.6. The topological polar surface area (TPSA) is 89.0 Å². The van der Waals surface area contributed by atoms with Gasteiger partial charge in [-0.3, -0.25) is 4.79 Å². The molecule has 5 rings (SSSR count). The van der Waals surface area contributed by atoms with Crippen molar-refractivity contribution in [3.63, 3.8) is 0 Å². The van der Waals surface area contributed by atoms with E-state index in [1.54, 1.807) is 17.9 Å². The van der Waals surface area contributed by atoms with Gasteiger partial charge in [0.25, 0.3) is 6.01 Å². The number of ether oxygens (including phenoxy) is 1. The van der Waals surface area contributed by atoms with Crippen LogP contribution in [0.25, 0.3) is 11.1 Å². The van der Waals surface area contributed by atoms with Gasteiger partial charge in [-0.05, 0) is 31.9 Å². The number of aryl methyl sites for hydroxylation is 1. The lowest BCUT2D eigenvalue weighted by Gasteiger charge is -2.41. The number of hydrogen-bond donors (Lipinski definition) is 0. The number of hydrogen-bond acceptors (Lipinski definition) is 7. The first kappa shape index (κ1) is 17.8. The summed E-state index contributed by atoms with van der Waals surface area (Å²) in [6, 6.07) is 10.8. The third-order valence-corrected chi connectivity index (χ3v) is 5.40. The van der Waals surface area contributed by atoms with E-state index in [0.29, 0.717) is 30.6 Å². The molecule has 2 aliphatic rings. The maximum Gasteiger partial charge on any atom is 0.339 e. The second kappa shape index (κ2) is 6.95. The van der Waals surface area contributed by atoms with Gasteiger partial charge in [-0.1, -0.05) is 12.1 Å². The van der Waals surface area contributed by atoms with Crippen molar-refractivity contribution in [1.29, 1.82) is 0 Å². The van der Waals surface area contributed by atoms with Gasteiger partial charge in [-0.2, -0.15) is 4.98 Å². The minimum Gasteiger partial charge on any atom is -0.486 e. The van der Waals surface area contributed by atoms with Gasteiger partial charge < -0.3 is 23.4 Å². The Balaban J connectivity index is 1.24. The van der Waals surface area contributed by atoms with Crippen LogP contribution in [0.4, 0.5) is 6.01 Å². The van der Waals surface area contributed by atoms with E-state index in [1.807, 2.05) is 29.2 Å². The van der Waals surface area contributed by atoms with Gasteiger partial charge in [0.05, 0.1) is 19.2 Å². The van der Waals surface area contributed by atoms with E-state index in [9.17, 15) is 9.59 Å². The number of amides is 1. The maximum atomic E-state index is 13.0. The molecule has 2 aliphatic heterocycles. The Labute approximate surface area is 166 Å². The van der Waals surface area contributed by atoms with Crippen LogP contribution in [0.3, 0.4) is 0 Å². The first-order valence-corrected chi connectivity index (χ1v) is 9.76. The Morgan fingerprint density at radius 3 is 2.83 bits per heavy atom. The molecule has 0 spiro atoms. The summed E-state index contributed by atoms with van der Waals surface area (Å²) in [6.45, 7) is 3.44. The SMILES string of the molecule is Cc1cc(OC2CN(C(=O)C3CCCN3c3nc4ccccc4o3)C2)cc(=O)o1. The summed E-state index contributed by atoms with van der Waals surface area (Å²) in [5, 5.41) is 0. The van der Waals surface area contributed by atoms with Gasteiger partial charge in [0.15, 0.2) is 5.58 Å². The molecule has 2 saturated heterocycles. The molecular weight excluding hydrogens is 374 g/mol. The Kier molecular flexibility index (Phi) is 4.26. The molecule has 1 aromatic carbocycles. The molecule has 0 aliphatic carbocycles. The highest BCUT2D eigenvalue weighted by Crippen LogP contribution is 2.30. The number of para-hydroxylation sites is 2. The van der Waals surface area contributed by atoms with Gasteiger partial charge in [0.2, 0.25) is 5.91 Å². The summed E-state index contributed by atoms with van der Waals surface area (Å²) in [4.78, 5) is 32.8. The predicted molar refractivity (Wildman–Crippen MR) is 105 cm³/mol. The van der Waals surface area contributed by atoms with Gasteiger partial charge in [0, 0.05) is 12.6 Å². The number of carbonyl (C=O) groups is 1. The van der Waals surface area contributed by atoms with Crippen molar-refractivity contribution in [2.75, 3.05) is 24.5 Å². The second-order valence-corrected chi connectivity index (χ2v) is 7.52. The van der Waals surface area contributed by atoms with Crippen molar-refractivity contribution in [3.8, 4) is 5.75 Å². The molecule has 2 fully saturated rings. The minimum atomic E-state index is -0.438. The predicted octanol–water partition coefficient (Wildman–Crippen LogP) is 2.35. The number of nitrogens with zero attached hydrogens (tertiary/aromatic N) is 3. The lowest BCUT2D eigenvalue weighted by atomic mass is 10.1. The number of aromatic nitrogens is 1. The molecule has 8 nitrogen and oxygen atoms in total. The third kappa shape index (κ3) is 3.35. The largest absolute Gasteiger partial charge is 0.486 e. The van der Waals surface area contributed by atoms with Crippen LogP contribution in [-0.2, 0) is 4.79 Å². The molecule has 2 aromatic heterocycles. The Morgan fingerprint density at radius 1 is 1.21 bits per heavy atom. The number of oxazole rings is 1. The normalized spacial score (nSPS) is 19.6. The molecule has 4 heterocycles. The summed E-state index contributed by atoms with van der Waals surface area (Å²) in [7, 11) is 0. The smallest absolute Gasteiger partial charge is 0.339 e. The fourth-order valence-corrected chi connectivity index (χ4v) is 3.97. The first-order valence-electron chi connectivity index (χ1n) is 9.76. The molecule has 150 valence electrons. The van der Waals surface area contributed by atoms with Gasteiger partial charge in [0.1, 0.15) is 29.2 Å². The zero-order valence-electron chi connectivity index (χ0n) is 16.0. The highest BCUT2D eigenvalue weighted by molar-refractivity contribution is 5.86. The van der Waals surface area contributed by atoms with Gasteiger partial charge in [-0.15, -0.1) is 0 Å². The van der Waals surface area contributed by atoms with Crippen molar-refractivity contribution in [2.24, 2.45) is 0 Å². The fraction of sp³-hybridized carbons (Fsp3) is 0.381.